The maximum absolute atomic E-state index is 12.3. The molecular formula is C12H22F3N2O6P. The highest BCUT2D eigenvalue weighted by atomic mass is 31.2. The smallest absolute Gasteiger partial charge is 0.471 e. The summed E-state index contributed by atoms with van der Waals surface area (Å²) in [5.74, 6) is -6.76. The Morgan fingerprint density at radius 1 is 1.29 bits per heavy atom. The lowest BCUT2D eigenvalue weighted by atomic mass is 10.1. The van der Waals surface area contributed by atoms with Crippen LogP contribution in [0.2, 0.25) is 0 Å². The lowest BCUT2D eigenvalue weighted by Gasteiger charge is -2.28. The number of rotatable bonds is 10. The molecule has 12 heteroatoms. The Labute approximate surface area is 137 Å². The number of nitrogens with two attached hydrogens (primary N) is 1. The predicted octanol–water partition coefficient (Wildman–Crippen LogP) is 1.43. The largest absolute Gasteiger partial charge is 0.479 e. The van der Waals surface area contributed by atoms with Gasteiger partial charge in [0.1, 0.15) is 5.78 Å². The first-order chi connectivity index (χ1) is 10.8. The van der Waals surface area contributed by atoms with E-state index < -0.39 is 43.5 Å². The molecule has 0 aromatic rings. The maximum Gasteiger partial charge on any atom is 0.471 e. The van der Waals surface area contributed by atoms with Crippen molar-refractivity contribution in [3.05, 3.63) is 0 Å². The van der Waals surface area contributed by atoms with Crippen LogP contribution in [0.4, 0.5) is 13.2 Å². The minimum atomic E-state index is -5.25. The molecule has 0 aliphatic rings. The molecule has 0 radical (unpaired) electrons. The fourth-order valence-corrected chi connectivity index (χ4v) is 3.51. The predicted molar refractivity (Wildman–Crippen MR) is 78.1 cm³/mol. The van der Waals surface area contributed by atoms with Crippen LogP contribution >= 0.6 is 7.60 Å². The Kier molecular flexibility index (Phi) is 8.90. The van der Waals surface area contributed by atoms with Gasteiger partial charge in [-0.2, -0.15) is 13.2 Å². The summed E-state index contributed by atoms with van der Waals surface area (Å²) in [6.07, 6.45) is -6.36. The molecule has 2 unspecified atom stereocenters. The lowest BCUT2D eigenvalue weighted by Crippen LogP contribution is -2.46. The van der Waals surface area contributed by atoms with Crippen LogP contribution in [0.15, 0.2) is 0 Å². The zero-order valence-electron chi connectivity index (χ0n) is 13.2. The molecule has 0 aliphatic heterocycles. The van der Waals surface area contributed by atoms with Crippen LogP contribution in [0.25, 0.3) is 0 Å². The molecule has 0 spiro atoms. The van der Waals surface area contributed by atoms with Crippen LogP contribution in [0.3, 0.4) is 0 Å². The third-order valence-electron chi connectivity index (χ3n) is 2.99. The van der Waals surface area contributed by atoms with Gasteiger partial charge in [-0.25, -0.2) is 4.79 Å². The van der Waals surface area contributed by atoms with Crippen LogP contribution in [0.5, 0.6) is 0 Å². The standard InChI is InChI=1S/C12H22F3N2O6P/c1-7(2)9(17-11(20)12(13,14)15)24(21,22)23-8(10(18)19)5-3-4-6-16/h7-9H,3-6,16H2,1-2H3,(H,17,20)(H,18,19)(H,21,22)/t8-,9?/m0/s1. The van der Waals surface area contributed by atoms with Gasteiger partial charge in [0.25, 0.3) is 0 Å². The van der Waals surface area contributed by atoms with E-state index in [2.05, 4.69) is 4.52 Å². The first kappa shape index (κ1) is 22.8. The van der Waals surface area contributed by atoms with Gasteiger partial charge < -0.3 is 21.1 Å². The first-order valence-electron chi connectivity index (χ1n) is 7.14. The van der Waals surface area contributed by atoms with Crippen molar-refractivity contribution in [2.24, 2.45) is 11.7 Å². The van der Waals surface area contributed by atoms with E-state index >= 15 is 0 Å². The number of nitrogens with one attached hydrogen (secondary N) is 1. The Morgan fingerprint density at radius 3 is 2.21 bits per heavy atom. The zero-order chi connectivity index (χ0) is 19.1. The van der Waals surface area contributed by atoms with Crippen molar-refractivity contribution in [1.82, 2.24) is 5.32 Å². The highest BCUT2D eigenvalue weighted by molar-refractivity contribution is 7.53. The summed E-state index contributed by atoms with van der Waals surface area (Å²) in [5.41, 5.74) is 5.26. The second-order valence-electron chi connectivity index (χ2n) is 5.44. The number of amides is 1. The number of carbonyl (C=O) groups excluding carboxylic acids is 1. The van der Waals surface area contributed by atoms with Gasteiger partial charge in [0.2, 0.25) is 0 Å². The Bertz CT molecular complexity index is 486. The van der Waals surface area contributed by atoms with Gasteiger partial charge in [-0.3, -0.25) is 13.9 Å². The van der Waals surface area contributed by atoms with E-state index in [1.54, 1.807) is 0 Å². The summed E-state index contributed by atoms with van der Waals surface area (Å²) in [4.78, 5) is 32.0. The third-order valence-corrected chi connectivity index (χ3v) is 4.98. The van der Waals surface area contributed by atoms with E-state index in [9.17, 15) is 32.2 Å². The van der Waals surface area contributed by atoms with E-state index in [4.69, 9.17) is 10.8 Å². The topological polar surface area (TPSA) is 139 Å². The second kappa shape index (κ2) is 9.36. The summed E-state index contributed by atoms with van der Waals surface area (Å²) in [6.45, 7) is 2.86. The molecule has 0 fully saturated rings. The number of carbonyl (C=O) groups is 2. The molecular weight excluding hydrogens is 356 g/mol. The van der Waals surface area contributed by atoms with Crippen LogP contribution in [-0.4, -0.2) is 46.5 Å². The van der Waals surface area contributed by atoms with Gasteiger partial charge in [-0.05, 0) is 31.7 Å². The molecule has 0 aromatic heterocycles. The van der Waals surface area contributed by atoms with Crippen LogP contribution in [0.1, 0.15) is 33.1 Å². The molecule has 0 saturated carbocycles. The van der Waals surface area contributed by atoms with Crippen molar-refractivity contribution in [3.8, 4) is 0 Å². The third kappa shape index (κ3) is 7.61. The van der Waals surface area contributed by atoms with Gasteiger partial charge in [0.05, 0.1) is 0 Å². The molecule has 0 aliphatic carbocycles. The number of carboxylic acids is 1. The number of aliphatic carboxylic acids is 1. The number of hydrogen-bond acceptors (Lipinski definition) is 5. The number of hydrogen-bond donors (Lipinski definition) is 4. The van der Waals surface area contributed by atoms with Crippen molar-refractivity contribution in [3.63, 3.8) is 0 Å². The van der Waals surface area contributed by atoms with Gasteiger partial charge in [0, 0.05) is 0 Å². The monoisotopic (exact) mass is 378 g/mol. The number of alkyl halides is 3. The van der Waals surface area contributed by atoms with E-state index in [0.29, 0.717) is 6.42 Å². The van der Waals surface area contributed by atoms with Crippen LogP contribution < -0.4 is 11.1 Å². The fraction of sp³-hybridized carbons (Fsp3) is 0.833. The summed E-state index contributed by atoms with van der Waals surface area (Å²) >= 11 is 0. The minimum absolute atomic E-state index is 0.144. The SMILES string of the molecule is CC(C)C(NC(=O)C(F)(F)F)P(=O)(O)O[C@@H](CCCCN)C(=O)O. The summed E-state index contributed by atoms with van der Waals surface area (Å²) in [5, 5.41) is 10.4. The molecule has 0 aromatic carbocycles. The molecule has 24 heavy (non-hydrogen) atoms. The van der Waals surface area contributed by atoms with Crippen molar-refractivity contribution >= 4 is 19.5 Å². The molecule has 3 atom stereocenters. The van der Waals surface area contributed by atoms with E-state index in [0.717, 1.165) is 0 Å². The van der Waals surface area contributed by atoms with Crippen LogP contribution in [0, 0.1) is 5.92 Å². The number of carboxylic acid groups (broad SMARTS) is 1. The zero-order valence-corrected chi connectivity index (χ0v) is 14.1. The normalized spacial score (nSPS) is 17.2. The number of halogens is 3. The van der Waals surface area contributed by atoms with Crippen molar-refractivity contribution in [2.75, 3.05) is 6.54 Å². The van der Waals surface area contributed by atoms with Gasteiger partial charge in [-0.1, -0.05) is 13.8 Å². The molecule has 8 nitrogen and oxygen atoms in total. The molecule has 0 heterocycles. The Balaban J connectivity index is 5.19. The Morgan fingerprint density at radius 2 is 1.83 bits per heavy atom. The van der Waals surface area contributed by atoms with E-state index in [1.807, 2.05) is 0 Å². The van der Waals surface area contributed by atoms with Gasteiger partial charge >= 0.3 is 25.6 Å². The minimum Gasteiger partial charge on any atom is -0.479 e. The number of unbranched alkanes of at least 4 members (excludes halogenated alkanes) is 1. The fourth-order valence-electron chi connectivity index (χ4n) is 1.78. The summed E-state index contributed by atoms with van der Waals surface area (Å²) in [7, 11) is -4.88. The average Bonchev–Trinajstić information content (AvgIpc) is 2.41. The van der Waals surface area contributed by atoms with Gasteiger partial charge in [0.15, 0.2) is 6.10 Å². The first-order valence-corrected chi connectivity index (χ1v) is 8.79. The van der Waals surface area contributed by atoms with Gasteiger partial charge in [-0.15, -0.1) is 0 Å². The molecule has 5 N–H and O–H groups in total. The molecule has 0 saturated heterocycles. The highest BCUT2D eigenvalue weighted by Crippen LogP contribution is 2.51. The molecule has 0 rings (SSSR count). The quantitative estimate of drug-likeness (QED) is 0.333. The maximum atomic E-state index is 12.3. The molecule has 1 amide bonds. The lowest BCUT2D eigenvalue weighted by molar-refractivity contribution is -0.174. The van der Waals surface area contributed by atoms with Crippen molar-refractivity contribution in [2.45, 2.75) is 51.2 Å². The summed E-state index contributed by atoms with van der Waals surface area (Å²) < 4.78 is 53.9. The second-order valence-corrected chi connectivity index (χ2v) is 7.34. The average molecular weight is 378 g/mol. The van der Waals surface area contributed by atoms with Crippen molar-refractivity contribution < 1.29 is 41.8 Å². The highest BCUT2D eigenvalue weighted by Gasteiger charge is 2.46. The van der Waals surface area contributed by atoms with Crippen LogP contribution in [-0.2, 0) is 18.7 Å². The van der Waals surface area contributed by atoms with E-state index in [-0.39, 0.29) is 19.4 Å². The molecule has 0 bridgehead atoms. The summed E-state index contributed by atoms with van der Waals surface area (Å²) in [6, 6.07) is 0. The Hall–Kier alpha value is -1.16. The molecule has 142 valence electrons. The van der Waals surface area contributed by atoms with Crippen molar-refractivity contribution in [1.29, 1.82) is 0 Å². The van der Waals surface area contributed by atoms with E-state index in [1.165, 1.54) is 19.2 Å².